The normalized spacial score (nSPS) is 15.9. The highest BCUT2D eigenvalue weighted by molar-refractivity contribution is 7.73. The number of carbonyl (C=O) groups is 1. The number of benzene rings is 2. The molecule has 0 saturated heterocycles. The average Bonchev–Trinajstić information content (AvgIpc) is 2.99. The first kappa shape index (κ1) is 15.9. The number of fused-ring (bicyclic) bond motifs is 1. The lowest BCUT2D eigenvalue weighted by atomic mass is 10.1. The minimum atomic E-state index is -0.353. The highest BCUT2D eigenvalue weighted by Gasteiger charge is 2.29. The van der Waals surface area contributed by atoms with E-state index in [1.165, 1.54) is 11.3 Å². The van der Waals surface area contributed by atoms with Crippen LogP contribution in [0.3, 0.4) is 0 Å². The topological polar surface area (TPSA) is 55.3 Å². The van der Waals surface area contributed by atoms with Gasteiger partial charge in [-0.2, -0.15) is 0 Å². The Kier molecular flexibility index (Phi) is 4.03. The summed E-state index contributed by atoms with van der Waals surface area (Å²) in [6, 6.07) is 17.4. The molecule has 0 spiro atoms. The van der Waals surface area contributed by atoms with Gasteiger partial charge in [0.25, 0.3) is 5.91 Å². The van der Waals surface area contributed by atoms with Crippen LogP contribution in [-0.2, 0) is 0 Å². The van der Waals surface area contributed by atoms with E-state index in [-0.39, 0.29) is 12.1 Å². The second-order valence-electron chi connectivity index (χ2n) is 5.54. The first-order valence-electron chi connectivity index (χ1n) is 7.70. The molecule has 2 N–H and O–H groups in total. The number of nitrogens with zero attached hydrogens (tertiary/aromatic N) is 1. The fourth-order valence-corrected chi connectivity index (χ4v) is 4.13. The van der Waals surface area contributed by atoms with Crippen molar-refractivity contribution in [3.63, 3.8) is 0 Å². The highest BCUT2D eigenvalue weighted by Crippen LogP contribution is 2.34. The lowest BCUT2D eigenvalue weighted by Gasteiger charge is -2.27. The number of ether oxygens (including phenoxy) is 1. The largest absolute Gasteiger partial charge is 0.497 e. The predicted molar refractivity (Wildman–Crippen MR) is 101 cm³/mol. The Balaban J connectivity index is 1.79. The van der Waals surface area contributed by atoms with Crippen LogP contribution in [0.5, 0.6) is 5.75 Å². The fraction of sp³-hybridized carbons (Fsp3) is 0.111. The standard InChI is InChI=1S/C18H15N3O2S2/c1-23-13-9-5-6-11(10-13)15-19-16-14(17(22)20-15)25-18(24)21(16)12-7-3-2-4-8-12/h2-10,15,19H,1H3,(H,20,22)/t15-/m1/s1. The van der Waals surface area contributed by atoms with Crippen LogP contribution in [0.1, 0.15) is 21.4 Å². The molecule has 1 atom stereocenters. The zero-order valence-electron chi connectivity index (χ0n) is 13.4. The Labute approximate surface area is 153 Å². The molecule has 0 aliphatic carbocycles. The molecule has 2 heterocycles. The van der Waals surface area contributed by atoms with Crippen LogP contribution in [-0.4, -0.2) is 17.6 Å². The third-order valence-corrected chi connectivity index (χ3v) is 5.39. The molecule has 25 heavy (non-hydrogen) atoms. The maximum Gasteiger partial charge on any atom is 0.267 e. The lowest BCUT2D eigenvalue weighted by molar-refractivity contribution is 0.0939. The summed E-state index contributed by atoms with van der Waals surface area (Å²) >= 11 is 6.80. The van der Waals surface area contributed by atoms with Gasteiger partial charge in [-0.25, -0.2) is 0 Å². The van der Waals surface area contributed by atoms with E-state index in [0.29, 0.717) is 8.83 Å². The second-order valence-corrected chi connectivity index (χ2v) is 7.19. The van der Waals surface area contributed by atoms with E-state index < -0.39 is 0 Å². The summed E-state index contributed by atoms with van der Waals surface area (Å²) in [5, 5.41) is 6.38. The summed E-state index contributed by atoms with van der Waals surface area (Å²) in [7, 11) is 1.62. The van der Waals surface area contributed by atoms with Crippen LogP contribution in [0.15, 0.2) is 54.6 Å². The van der Waals surface area contributed by atoms with Crippen LogP contribution in [0, 0.1) is 3.95 Å². The molecule has 0 radical (unpaired) electrons. The smallest absolute Gasteiger partial charge is 0.267 e. The van der Waals surface area contributed by atoms with E-state index in [2.05, 4.69) is 10.6 Å². The van der Waals surface area contributed by atoms with Gasteiger partial charge in [-0.1, -0.05) is 41.7 Å². The molecule has 1 amide bonds. The van der Waals surface area contributed by atoms with E-state index >= 15 is 0 Å². The highest BCUT2D eigenvalue weighted by atomic mass is 32.1. The molecular weight excluding hydrogens is 354 g/mol. The summed E-state index contributed by atoms with van der Waals surface area (Å²) in [5.41, 5.74) is 1.84. The van der Waals surface area contributed by atoms with Crippen molar-refractivity contribution in [3.8, 4) is 11.4 Å². The molecule has 5 nitrogen and oxygen atoms in total. The number of thiazole rings is 1. The summed E-state index contributed by atoms with van der Waals surface area (Å²) in [4.78, 5) is 13.2. The van der Waals surface area contributed by atoms with E-state index in [4.69, 9.17) is 17.0 Å². The molecule has 1 aliphatic heterocycles. The number of methoxy groups -OCH3 is 1. The third kappa shape index (κ3) is 2.81. The van der Waals surface area contributed by atoms with E-state index in [9.17, 15) is 4.79 Å². The Bertz CT molecular complexity index is 995. The van der Waals surface area contributed by atoms with Crippen molar-refractivity contribution in [1.29, 1.82) is 0 Å². The average molecular weight is 369 g/mol. The quantitative estimate of drug-likeness (QED) is 0.682. The van der Waals surface area contributed by atoms with Gasteiger partial charge in [0, 0.05) is 5.69 Å². The first-order valence-corrected chi connectivity index (χ1v) is 8.92. The number of anilines is 1. The Morgan fingerprint density at radius 3 is 2.68 bits per heavy atom. The molecular formula is C18H15N3O2S2. The van der Waals surface area contributed by atoms with Gasteiger partial charge < -0.3 is 15.4 Å². The van der Waals surface area contributed by atoms with Crippen molar-refractivity contribution in [3.05, 3.63) is 69.0 Å². The van der Waals surface area contributed by atoms with Crippen LogP contribution in [0.2, 0.25) is 0 Å². The molecule has 126 valence electrons. The lowest BCUT2D eigenvalue weighted by Crippen LogP contribution is -2.38. The van der Waals surface area contributed by atoms with Crippen LogP contribution >= 0.6 is 23.6 Å². The number of para-hydroxylation sites is 1. The maximum atomic E-state index is 12.6. The zero-order chi connectivity index (χ0) is 17.4. The number of hydrogen-bond acceptors (Lipinski definition) is 5. The molecule has 0 bridgehead atoms. The van der Waals surface area contributed by atoms with Crippen molar-refractivity contribution in [2.75, 3.05) is 12.4 Å². The number of carbonyl (C=O) groups excluding carboxylic acids is 1. The second kappa shape index (κ2) is 6.34. The number of hydrogen-bond donors (Lipinski definition) is 2. The molecule has 1 aromatic heterocycles. The summed E-state index contributed by atoms with van der Waals surface area (Å²) in [6.45, 7) is 0. The minimum absolute atomic E-state index is 0.132. The minimum Gasteiger partial charge on any atom is -0.497 e. The molecule has 0 unspecified atom stereocenters. The Morgan fingerprint density at radius 2 is 1.92 bits per heavy atom. The molecule has 1 aliphatic rings. The van der Waals surface area contributed by atoms with Crippen LogP contribution in [0.4, 0.5) is 5.82 Å². The monoisotopic (exact) mass is 369 g/mol. The van der Waals surface area contributed by atoms with Crippen molar-refractivity contribution in [2.24, 2.45) is 0 Å². The Hall–Kier alpha value is -2.64. The van der Waals surface area contributed by atoms with Gasteiger partial charge in [-0.05, 0) is 42.0 Å². The van der Waals surface area contributed by atoms with Gasteiger partial charge in [0.05, 0.1) is 7.11 Å². The summed E-state index contributed by atoms with van der Waals surface area (Å²) in [5.74, 6) is 1.33. The van der Waals surface area contributed by atoms with Gasteiger partial charge in [0.1, 0.15) is 22.6 Å². The molecule has 7 heteroatoms. The summed E-state index contributed by atoms with van der Waals surface area (Å²) < 4.78 is 7.81. The number of rotatable bonds is 3. The van der Waals surface area contributed by atoms with Crippen LogP contribution < -0.4 is 15.4 Å². The first-order chi connectivity index (χ1) is 12.2. The number of nitrogens with one attached hydrogen (secondary N) is 2. The SMILES string of the molecule is COc1cccc([C@H]2NC(=O)c3sc(=S)n(-c4ccccc4)c3N2)c1. The van der Waals surface area contributed by atoms with Gasteiger partial charge in [0.2, 0.25) is 0 Å². The molecule has 3 aromatic rings. The van der Waals surface area contributed by atoms with E-state index in [0.717, 1.165) is 22.8 Å². The number of aromatic nitrogens is 1. The Morgan fingerprint density at radius 1 is 1.12 bits per heavy atom. The number of amides is 1. The van der Waals surface area contributed by atoms with Crippen molar-refractivity contribution < 1.29 is 9.53 Å². The molecule has 0 saturated carbocycles. The van der Waals surface area contributed by atoms with Crippen molar-refractivity contribution >= 4 is 35.3 Å². The fourth-order valence-electron chi connectivity index (χ4n) is 2.83. The molecule has 4 rings (SSSR count). The van der Waals surface area contributed by atoms with Crippen molar-refractivity contribution in [1.82, 2.24) is 9.88 Å². The van der Waals surface area contributed by atoms with Gasteiger partial charge >= 0.3 is 0 Å². The predicted octanol–water partition coefficient (Wildman–Crippen LogP) is 4.13. The van der Waals surface area contributed by atoms with Gasteiger partial charge in [-0.15, -0.1) is 0 Å². The third-order valence-electron chi connectivity index (χ3n) is 4.01. The molecule has 0 fully saturated rings. The summed E-state index contributed by atoms with van der Waals surface area (Å²) in [6.07, 6.45) is -0.353. The van der Waals surface area contributed by atoms with Gasteiger partial charge in [-0.3, -0.25) is 9.36 Å². The van der Waals surface area contributed by atoms with E-state index in [1.54, 1.807) is 7.11 Å². The van der Waals surface area contributed by atoms with Gasteiger partial charge in [0.15, 0.2) is 3.95 Å². The molecule has 2 aromatic carbocycles. The van der Waals surface area contributed by atoms with E-state index in [1.807, 2.05) is 59.2 Å². The van der Waals surface area contributed by atoms with Crippen LogP contribution in [0.25, 0.3) is 5.69 Å². The maximum absolute atomic E-state index is 12.6. The zero-order valence-corrected chi connectivity index (χ0v) is 15.0. The van der Waals surface area contributed by atoms with Crippen molar-refractivity contribution in [2.45, 2.75) is 6.17 Å².